The van der Waals surface area contributed by atoms with Gasteiger partial charge in [-0.1, -0.05) is 46.4 Å². The zero-order valence-electron chi connectivity index (χ0n) is 8.08. The quantitative estimate of drug-likeness (QED) is 0.523. The van der Waals surface area contributed by atoms with Crippen LogP contribution in [0.1, 0.15) is 13.8 Å². The highest BCUT2D eigenvalue weighted by molar-refractivity contribution is 7.48. The second-order valence-electron chi connectivity index (χ2n) is 2.24. The average Bonchev–Trinajstić information content (AvgIpc) is 2.02. The molecular weight excluding hydrogens is 309 g/mol. The molecule has 9 heteroatoms. The molecule has 0 unspecified atom stereocenters. The van der Waals surface area contributed by atoms with Crippen molar-refractivity contribution in [2.75, 3.05) is 13.2 Å². The summed E-state index contributed by atoms with van der Waals surface area (Å²) in [6.45, 7) is 3.43. The molecule has 15 heavy (non-hydrogen) atoms. The minimum absolute atomic E-state index is 0.108. The van der Waals surface area contributed by atoms with Crippen LogP contribution in [0.15, 0.2) is 0 Å². The Hall–Kier alpha value is 1.27. The lowest BCUT2D eigenvalue weighted by atomic mass is 10.8. The first-order chi connectivity index (χ1) is 6.77. The molecule has 0 saturated heterocycles. The van der Waals surface area contributed by atoms with E-state index in [9.17, 15) is 4.57 Å². The largest absolute Gasteiger partial charge is 0.477 e. The van der Waals surface area contributed by atoms with Crippen molar-refractivity contribution in [1.82, 2.24) is 0 Å². The van der Waals surface area contributed by atoms with Gasteiger partial charge in [-0.3, -0.25) is 9.05 Å². The molecule has 0 bridgehead atoms. The minimum atomic E-state index is -3.83. The van der Waals surface area contributed by atoms with Gasteiger partial charge in [-0.2, -0.15) is 0 Å². The third-order valence-electron chi connectivity index (χ3n) is 1.06. The van der Waals surface area contributed by atoms with E-state index in [0.717, 1.165) is 0 Å². The summed E-state index contributed by atoms with van der Waals surface area (Å²) in [6, 6.07) is 0. The van der Waals surface area contributed by atoms with E-state index in [1.807, 2.05) is 0 Å². The van der Waals surface area contributed by atoms with Gasteiger partial charge in [0.05, 0.1) is 13.2 Å². The highest BCUT2D eigenvalue weighted by Gasteiger charge is 2.43. The van der Waals surface area contributed by atoms with E-state index in [1.54, 1.807) is 13.8 Å². The Morgan fingerprint density at radius 3 is 1.87 bits per heavy atom. The van der Waals surface area contributed by atoms with Crippen LogP contribution >= 0.6 is 54.2 Å². The van der Waals surface area contributed by atoms with Gasteiger partial charge in [0.25, 0.3) is 4.52 Å². The lowest BCUT2D eigenvalue weighted by molar-refractivity contribution is 0.102. The summed E-state index contributed by atoms with van der Waals surface area (Å²) in [6.07, 6.45) is 0. The third kappa shape index (κ3) is 5.94. The summed E-state index contributed by atoms with van der Waals surface area (Å²) >= 11 is 22.0. The molecule has 0 aromatic rings. The Morgan fingerprint density at radius 2 is 1.60 bits per heavy atom. The van der Waals surface area contributed by atoms with Crippen LogP contribution < -0.4 is 0 Å². The maximum Gasteiger partial charge on any atom is 0.477 e. The van der Waals surface area contributed by atoms with Gasteiger partial charge in [0.1, 0.15) is 0 Å². The lowest BCUT2D eigenvalue weighted by Crippen LogP contribution is -2.25. The molecular formula is C6H11Cl4O4P. The molecule has 0 amide bonds. The van der Waals surface area contributed by atoms with Crippen molar-refractivity contribution >= 4 is 54.2 Å². The van der Waals surface area contributed by atoms with Gasteiger partial charge < -0.3 is 0 Å². The van der Waals surface area contributed by atoms with Crippen molar-refractivity contribution < 1.29 is 18.1 Å². The molecule has 0 saturated carbocycles. The predicted octanol–water partition coefficient (Wildman–Crippen LogP) is 4.12. The molecule has 0 aliphatic carbocycles. The molecule has 0 aliphatic rings. The third-order valence-corrected chi connectivity index (χ3v) is 4.59. The van der Waals surface area contributed by atoms with E-state index in [4.69, 9.17) is 60.0 Å². The van der Waals surface area contributed by atoms with Crippen molar-refractivity contribution in [3.63, 3.8) is 0 Å². The summed E-state index contributed by atoms with van der Waals surface area (Å²) in [4.78, 5) is -1.30. The number of halogens is 4. The molecule has 0 aromatic heterocycles. The Labute approximate surface area is 109 Å². The molecule has 0 fully saturated rings. The Bertz CT molecular complexity index is 225. The lowest BCUT2D eigenvalue weighted by Gasteiger charge is -2.25. The first kappa shape index (κ1) is 16.3. The molecule has 0 aliphatic heterocycles. The fourth-order valence-electron chi connectivity index (χ4n) is 0.595. The summed E-state index contributed by atoms with van der Waals surface area (Å²) in [5.41, 5.74) is 0. The van der Waals surface area contributed by atoms with Crippen LogP contribution in [0, 0.1) is 0 Å². The van der Waals surface area contributed by atoms with E-state index < -0.39 is 17.2 Å². The van der Waals surface area contributed by atoms with E-state index in [-0.39, 0.29) is 13.2 Å². The number of rotatable bonds is 7. The van der Waals surface area contributed by atoms with E-state index in [2.05, 4.69) is 0 Å². The van der Waals surface area contributed by atoms with E-state index in [1.165, 1.54) is 0 Å². The minimum Gasteiger partial charge on any atom is -0.287 e. The molecule has 0 aromatic carbocycles. The molecule has 0 spiro atoms. The van der Waals surface area contributed by atoms with Gasteiger partial charge in [-0.15, -0.1) is 0 Å². The number of alkyl halides is 4. The zero-order chi connectivity index (χ0) is 12.1. The van der Waals surface area contributed by atoms with Crippen molar-refractivity contribution in [2.24, 2.45) is 0 Å². The normalized spacial score (nSPS) is 13.5. The molecule has 0 radical (unpaired) electrons. The van der Waals surface area contributed by atoms with Crippen LogP contribution in [0.4, 0.5) is 0 Å². The Kier molecular flexibility index (Phi) is 7.46. The first-order valence-corrected chi connectivity index (χ1v) is 7.12. The van der Waals surface area contributed by atoms with Gasteiger partial charge in [-0.25, -0.2) is 9.09 Å². The van der Waals surface area contributed by atoms with Gasteiger partial charge in [0, 0.05) is 0 Å². The highest BCUT2D eigenvalue weighted by Crippen LogP contribution is 2.56. The topological polar surface area (TPSA) is 44.8 Å². The molecule has 0 atom stereocenters. The molecule has 92 valence electrons. The second kappa shape index (κ2) is 6.87. The molecule has 4 nitrogen and oxygen atoms in total. The van der Waals surface area contributed by atoms with Crippen LogP contribution in [0.3, 0.4) is 0 Å². The van der Waals surface area contributed by atoms with E-state index in [0.29, 0.717) is 0 Å². The van der Waals surface area contributed by atoms with Crippen molar-refractivity contribution in [2.45, 2.75) is 23.2 Å². The fourth-order valence-corrected chi connectivity index (χ4v) is 2.53. The van der Waals surface area contributed by atoms with Crippen LogP contribution in [-0.4, -0.2) is 22.6 Å². The average molecular weight is 320 g/mol. The van der Waals surface area contributed by atoms with E-state index >= 15 is 0 Å². The second-order valence-corrected chi connectivity index (χ2v) is 6.24. The van der Waals surface area contributed by atoms with Gasteiger partial charge in [0.15, 0.2) is 4.84 Å². The van der Waals surface area contributed by atoms with Gasteiger partial charge in [0.2, 0.25) is 0 Å². The van der Waals surface area contributed by atoms with Crippen LogP contribution in [0.2, 0.25) is 0 Å². The molecule has 0 heterocycles. The van der Waals surface area contributed by atoms with Crippen LogP contribution in [0.25, 0.3) is 0 Å². The standard InChI is InChI=1S/C6H11Cl4O4P/c1-3-12-15(11,13-4-2)14-6(9,10)5(7)8/h5H,3-4H2,1-2H3. The zero-order valence-corrected chi connectivity index (χ0v) is 12.0. The van der Waals surface area contributed by atoms with Gasteiger partial charge in [-0.05, 0) is 13.8 Å². The first-order valence-electron chi connectivity index (χ1n) is 4.03. The van der Waals surface area contributed by atoms with Crippen LogP contribution in [-0.2, 0) is 18.1 Å². The van der Waals surface area contributed by atoms with Crippen molar-refractivity contribution in [3.8, 4) is 0 Å². The Balaban J connectivity index is 4.60. The summed E-state index contributed by atoms with van der Waals surface area (Å²) < 4.78 is 24.0. The smallest absolute Gasteiger partial charge is 0.287 e. The monoisotopic (exact) mass is 318 g/mol. The summed E-state index contributed by atoms with van der Waals surface area (Å²) in [5, 5.41) is 0. The SMILES string of the molecule is CCOP(=O)(OCC)OC(Cl)(Cl)C(Cl)Cl. The maximum absolute atomic E-state index is 11.8. The highest BCUT2D eigenvalue weighted by atomic mass is 35.5. The predicted molar refractivity (Wildman–Crippen MR) is 61.9 cm³/mol. The molecule has 0 rings (SSSR count). The number of hydrogen-bond donors (Lipinski definition) is 0. The van der Waals surface area contributed by atoms with Crippen molar-refractivity contribution in [3.05, 3.63) is 0 Å². The van der Waals surface area contributed by atoms with Crippen LogP contribution in [0.5, 0.6) is 0 Å². The summed E-state index contributed by atoms with van der Waals surface area (Å²) in [7, 11) is -3.83. The summed E-state index contributed by atoms with van der Waals surface area (Å²) in [5.74, 6) is 0. The Morgan fingerprint density at radius 1 is 1.20 bits per heavy atom. The number of hydrogen-bond acceptors (Lipinski definition) is 4. The van der Waals surface area contributed by atoms with Crippen molar-refractivity contribution in [1.29, 1.82) is 0 Å². The maximum atomic E-state index is 11.8. The fraction of sp³-hybridized carbons (Fsp3) is 1.00. The molecule has 0 N–H and O–H groups in total. The number of phosphoric acid groups is 1. The number of phosphoric ester groups is 1. The van der Waals surface area contributed by atoms with Gasteiger partial charge >= 0.3 is 7.82 Å².